The molecule has 0 aliphatic carbocycles. The molecule has 0 aromatic heterocycles. The van der Waals surface area contributed by atoms with Gasteiger partial charge in [0.15, 0.2) is 4.90 Å². The molecule has 1 aromatic carbocycles. The number of hydrogen-bond donors (Lipinski definition) is 1. The van der Waals surface area contributed by atoms with Crippen molar-refractivity contribution in [3.63, 3.8) is 0 Å². The lowest BCUT2D eigenvalue weighted by Crippen LogP contribution is -2.50. The Morgan fingerprint density at radius 1 is 1.43 bits per heavy atom. The fourth-order valence-corrected chi connectivity index (χ4v) is 3.62. The molecule has 1 N–H and O–H groups in total. The van der Waals surface area contributed by atoms with Gasteiger partial charge in [0, 0.05) is 10.5 Å². The van der Waals surface area contributed by atoms with Gasteiger partial charge in [0.2, 0.25) is 10.0 Å². The fraction of sp³-hybridized carbons (Fsp3) is 0.364. The first-order valence-electron chi connectivity index (χ1n) is 5.57. The van der Waals surface area contributed by atoms with Gasteiger partial charge in [-0.2, -0.15) is 4.72 Å². The minimum absolute atomic E-state index is 0.351. The minimum atomic E-state index is -4.29. The van der Waals surface area contributed by atoms with Crippen molar-refractivity contribution < 1.29 is 22.9 Å². The van der Waals surface area contributed by atoms with Crippen LogP contribution in [0.3, 0.4) is 0 Å². The SMILES string of the molecule is COC(=O)C(C)(C)NS(=O)(=O)c1cc(Br)ccc1[N+](=O)[O-]. The van der Waals surface area contributed by atoms with E-state index in [-0.39, 0.29) is 0 Å². The van der Waals surface area contributed by atoms with Crippen molar-refractivity contribution in [2.45, 2.75) is 24.3 Å². The van der Waals surface area contributed by atoms with Crippen molar-refractivity contribution in [3.05, 3.63) is 32.8 Å². The molecule has 10 heteroatoms. The number of nitro groups is 1. The number of sulfonamides is 1. The van der Waals surface area contributed by atoms with E-state index in [9.17, 15) is 23.3 Å². The van der Waals surface area contributed by atoms with E-state index in [1.807, 2.05) is 0 Å². The molecule has 0 bridgehead atoms. The summed E-state index contributed by atoms with van der Waals surface area (Å²) in [7, 11) is -3.18. The molecule has 0 radical (unpaired) electrons. The Morgan fingerprint density at radius 2 is 2.00 bits per heavy atom. The third-order valence-corrected chi connectivity index (χ3v) is 4.67. The molecule has 1 rings (SSSR count). The standard InChI is InChI=1S/C11H13BrN2O6S/c1-11(2,10(15)20-3)13-21(18,19)9-6-7(12)4-5-8(9)14(16)17/h4-6,13H,1-3H3. The number of ether oxygens (including phenoxy) is 1. The summed E-state index contributed by atoms with van der Waals surface area (Å²) in [6.45, 7) is 2.58. The zero-order valence-electron chi connectivity index (χ0n) is 11.4. The van der Waals surface area contributed by atoms with Crippen molar-refractivity contribution in [1.82, 2.24) is 4.72 Å². The van der Waals surface area contributed by atoms with Crippen LogP contribution in [0.4, 0.5) is 5.69 Å². The van der Waals surface area contributed by atoms with E-state index in [2.05, 4.69) is 25.4 Å². The van der Waals surface area contributed by atoms with E-state index < -0.39 is 37.0 Å². The fourth-order valence-electron chi connectivity index (χ4n) is 1.54. The van der Waals surface area contributed by atoms with Crippen LogP contribution in [0.25, 0.3) is 0 Å². The van der Waals surface area contributed by atoms with E-state index >= 15 is 0 Å². The summed E-state index contributed by atoms with van der Waals surface area (Å²) in [6, 6.07) is 3.50. The molecular formula is C11H13BrN2O6S. The number of hydrogen-bond acceptors (Lipinski definition) is 6. The van der Waals surface area contributed by atoms with Gasteiger partial charge in [-0.25, -0.2) is 8.42 Å². The number of nitro benzene ring substituents is 1. The molecule has 21 heavy (non-hydrogen) atoms. The number of benzene rings is 1. The number of methoxy groups -OCH3 is 1. The predicted octanol–water partition coefficient (Wildman–Crippen LogP) is 1.59. The van der Waals surface area contributed by atoms with Crippen molar-refractivity contribution in [3.8, 4) is 0 Å². The van der Waals surface area contributed by atoms with Crippen LogP contribution in [0, 0.1) is 10.1 Å². The Hall–Kier alpha value is -1.52. The summed E-state index contributed by atoms with van der Waals surface area (Å²) in [5, 5.41) is 10.9. The number of carbonyl (C=O) groups excluding carboxylic acids is 1. The number of halogens is 1. The van der Waals surface area contributed by atoms with E-state index in [4.69, 9.17) is 0 Å². The summed E-state index contributed by atoms with van der Waals surface area (Å²) in [5.74, 6) is -0.816. The number of esters is 1. The van der Waals surface area contributed by atoms with Crippen LogP contribution in [-0.2, 0) is 19.6 Å². The van der Waals surface area contributed by atoms with Gasteiger partial charge < -0.3 is 4.74 Å². The van der Waals surface area contributed by atoms with E-state index in [0.29, 0.717) is 4.47 Å². The summed E-state index contributed by atoms with van der Waals surface area (Å²) < 4.78 is 31.5. The van der Waals surface area contributed by atoms with Crippen LogP contribution in [0.15, 0.2) is 27.6 Å². The zero-order chi connectivity index (χ0) is 16.4. The maximum absolute atomic E-state index is 12.3. The van der Waals surface area contributed by atoms with Gasteiger partial charge in [-0.05, 0) is 26.0 Å². The Kier molecular flexibility index (Phi) is 5.07. The van der Waals surface area contributed by atoms with Crippen LogP contribution >= 0.6 is 15.9 Å². The zero-order valence-corrected chi connectivity index (χ0v) is 13.8. The molecule has 0 saturated heterocycles. The Morgan fingerprint density at radius 3 is 2.48 bits per heavy atom. The van der Waals surface area contributed by atoms with Gasteiger partial charge >= 0.3 is 5.97 Å². The average Bonchev–Trinajstić information content (AvgIpc) is 2.36. The molecule has 0 saturated carbocycles. The molecule has 0 fully saturated rings. The summed E-state index contributed by atoms with van der Waals surface area (Å²) >= 11 is 3.05. The molecule has 0 unspecified atom stereocenters. The van der Waals surface area contributed by atoms with Gasteiger partial charge in [0.25, 0.3) is 5.69 Å². The van der Waals surface area contributed by atoms with Gasteiger partial charge in [-0.15, -0.1) is 0 Å². The van der Waals surface area contributed by atoms with Crippen LogP contribution in [-0.4, -0.2) is 32.0 Å². The van der Waals surface area contributed by atoms with Gasteiger partial charge in [0.05, 0.1) is 12.0 Å². The van der Waals surface area contributed by atoms with E-state index in [1.165, 1.54) is 19.9 Å². The second kappa shape index (κ2) is 6.08. The highest BCUT2D eigenvalue weighted by molar-refractivity contribution is 9.10. The highest BCUT2D eigenvalue weighted by Crippen LogP contribution is 2.28. The van der Waals surface area contributed by atoms with E-state index in [0.717, 1.165) is 19.2 Å². The average molecular weight is 381 g/mol. The predicted molar refractivity (Wildman–Crippen MR) is 77.2 cm³/mol. The maximum Gasteiger partial charge on any atom is 0.326 e. The summed E-state index contributed by atoms with van der Waals surface area (Å²) in [5.41, 5.74) is -2.16. The minimum Gasteiger partial charge on any atom is -0.468 e. The lowest BCUT2D eigenvalue weighted by molar-refractivity contribution is -0.387. The third kappa shape index (κ3) is 3.99. The van der Waals surface area contributed by atoms with Crippen molar-refractivity contribution in [2.75, 3.05) is 7.11 Å². The van der Waals surface area contributed by atoms with Crippen LogP contribution in [0.2, 0.25) is 0 Å². The quantitative estimate of drug-likeness (QED) is 0.470. The summed E-state index contributed by atoms with van der Waals surface area (Å²) in [6.07, 6.45) is 0. The number of nitrogens with one attached hydrogen (secondary N) is 1. The van der Waals surface area contributed by atoms with Crippen LogP contribution in [0.1, 0.15) is 13.8 Å². The molecular weight excluding hydrogens is 368 g/mol. The normalized spacial score (nSPS) is 12.0. The number of carbonyl (C=O) groups is 1. The van der Waals surface area contributed by atoms with Crippen molar-refractivity contribution in [1.29, 1.82) is 0 Å². The molecule has 0 aliphatic rings. The highest BCUT2D eigenvalue weighted by Gasteiger charge is 2.37. The molecule has 0 heterocycles. The Balaban J connectivity index is 3.35. The molecule has 116 valence electrons. The molecule has 0 spiro atoms. The van der Waals surface area contributed by atoms with Gasteiger partial charge in [-0.3, -0.25) is 14.9 Å². The largest absolute Gasteiger partial charge is 0.468 e. The molecule has 0 amide bonds. The lowest BCUT2D eigenvalue weighted by Gasteiger charge is -2.22. The maximum atomic E-state index is 12.3. The molecule has 0 aliphatic heterocycles. The lowest BCUT2D eigenvalue weighted by atomic mass is 10.1. The van der Waals surface area contributed by atoms with Gasteiger partial charge in [0.1, 0.15) is 5.54 Å². The first-order valence-corrected chi connectivity index (χ1v) is 7.85. The highest BCUT2D eigenvalue weighted by atomic mass is 79.9. The molecule has 1 aromatic rings. The van der Waals surface area contributed by atoms with Crippen LogP contribution < -0.4 is 4.72 Å². The number of nitrogens with zero attached hydrogens (tertiary/aromatic N) is 1. The van der Waals surface area contributed by atoms with E-state index in [1.54, 1.807) is 0 Å². The van der Waals surface area contributed by atoms with Crippen LogP contribution in [0.5, 0.6) is 0 Å². The smallest absolute Gasteiger partial charge is 0.326 e. The third-order valence-electron chi connectivity index (χ3n) is 2.49. The first-order chi connectivity index (χ1) is 9.51. The molecule has 0 atom stereocenters. The number of rotatable bonds is 5. The topological polar surface area (TPSA) is 116 Å². The second-order valence-corrected chi connectivity index (χ2v) is 7.16. The first kappa shape index (κ1) is 17.5. The van der Waals surface area contributed by atoms with Crippen molar-refractivity contribution >= 4 is 37.6 Å². The Bertz CT molecular complexity index is 686. The van der Waals surface area contributed by atoms with Crippen molar-refractivity contribution in [2.24, 2.45) is 0 Å². The second-order valence-electron chi connectivity index (χ2n) is 4.59. The van der Waals surface area contributed by atoms with Gasteiger partial charge in [-0.1, -0.05) is 15.9 Å². The molecule has 8 nitrogen and oxygen atoms in total. The monoisotopic (exact) mass is 380 g/mol. The summed E-state index contributed by atoms with van der Waals surface area (Å²) in [4.78, 5) is 21.1. The Labute approximate surface area is 129 Å².